The van der Waals surface area contributed by atoms with Gasteiger partial charge in [-0.25, -0.2) is 9.59 Å². The molecule has 0 aliphatic rings. The maximum Gasteiger partial charge on any atom is 1.00 e. The standard InChI is InChI=1S/C14H17NO6.K/c1-5-20-13(17)9-7(3)11(15-19)8(4)10(12(9)16)14(18)21-6-2;/h16H,5-6H2,1-4H3;/q;+1/p-1. The number of benzene rings is 1. The van der Waals surface area contributed by atoms with Gasteiger partial charge in [-0.1, -0.05) is 5.75 Å². The Balaban J connectivity index is 0.00000441. The van der Waals surface area contributed by atoms with Gasteiger partial charge in [-0.2, -0.15) is 0 Å². The third kappa shape index (κ3) is 4.14. The summed E-state index contributed by atoms with van der Waals surface area (Å²) in [7, 11) is 0. The number of nitrogens with zero attached hydrogens (tertiary/aromatic N) is 1. The van der Waals surface area contributed by atoms with Crippen LogP contribution in [-0.2, 0) is 9.47 Å². The number of rotatable bonds is 5. The van der Waals surface area contributed by atoms with Crippen LogP contribution in [0.4, 0.5) is 5.69 Å². The molecule has 0 saturated carbocycles. The molecular weight excluding hydrogens is 317 g/mol. The summed E-state index contributed by atoms with van der Waals surface area (Å²) in [6, 6.07) is 0. The predicted molar refractivity (Wildman–Crippen MR) is 72.7 cm³/mol. The molecule has 8 heteroatoms. The third-order valence-electron chi connectivity index (χ3n) is 2.96. The monoisotopic (exact) mass is 333 g/mol. The van der Waals surface area contributed by atoms with E-state index in [2.05, 4.69) is 5.18 Å². The first-order chi connectivity index (χ1) is 9.90. The molecule has 22 heavy (non-hydrogen) atoms. The molecule has 1 aromatic rings. The van der Waals surface area contributed by atoms with E-state index < -0.39 is 17.7 Å². The summed E-state index contributed by atoms with van der Waals surface area (Å²) in [5.74, 6) is -2.60. The van der Waals surface area contributed by atoms with Gasteiger partial charge in [0.05, 0.1) is 24.3 Å². The number of carbonyl (C=O) groups excluding carboxylic acids is 2. The normalized spacial score (nSPS) is 9.64. The zero-order valence-electron chi connectivity index (χ0n) is 13.3. The first-order valence-electron chi connectivity index (χ1n) is 6.42. The van der Waals surface area contributed by atoms with Crippen LogP contribution in [0.1, 0.15) is 45.7 Å². The molecule has 0 bridgehead atoms. The fourth-order valence-corrected chi connectivity index (χ4v) is 2.02. The van der Waals surface area contributed by atoms with E-state index >= 15 is 0 Å². The van der Waals surface area contributed by atoms with Gasteiger partial charge in [-0.3, -0.25) is 0 Å². The second kappa shape index (κ2) is 9.36. The number of esters is 2. The van der Waals surface area contributed by atoms with Crippen molar-refractivity contribution in [1.82, 2.24) is 0 Å². The van der Waals surface area contributed by atoms with E-state index in [-0.39, 0.29) is 92.5 Å². The van der Waals surface area contributed by atoms with E-state index in [9.17, 15) is 19.6 Å². The van der Waals surface area contributed by atoms with E-state index in [0.717, 1.165) is 0 Å². The van der Waals surface area contributed by atoms with Crippen LogP contribution in [0.5, 0.6) is 5.75 Å². The van der Waals surface area contributed by atoms with Crippen molar-refractivity contribution < 1.29 is 75.6 Å². The predicted octanol–water partition coefficient (Wildman–Crippen LogP) is -0.868. The molecular formula is C14H16KNO6. The van der Waals surface area contributed by atoms with Crippen LogP contribution >= 0.6 is 0 Å². The molecule has 114 valence electrons. The van der Waals surface area contributed by atoms with Crippen molar-refractivity contribution in [3.8, 4) is 5.75 Å². The van der Waals surface area contributed by atoms with Gasteiger partial charge in [0, 0.05) is 0 Å². The molecule has 0 heterocycles. The topological polar surface area (TPSA) is 105 Å². The van der Waals surface area contributed by atoms with Gasteiger partial charge in [0.1, 0.15) is 5.69 Å². The largest absolute Gasteiger partial charge is 1.00 e. The van der Waals surface area contributed by atoms with Crippen molar-refractivity contribution in [1.29, 1.82) is 0 Å². The minimum absolute atomic E-state index is 0. The molecule has 0 aliphatic heterocycles. The molecule has 0 spiro atoms. The summed E-state index contributed by atoms with van der Waals surface area (Å²) in [6.07, 6.45) is 0. The van der Waals surface area contributed by atoms with Crippen molar-refractivity contribution >= 4 is 17.6 Å². The van der Waals surface area contributed by atoms with Crippen molar-refractivity contribution in [3.63, 3.8) is 0 Å². The summed E-state index contributed by atoms with van der Waals surface area (Å²) < 4.78 is 9.58. The molecule has 1 rings (SSSR count). The molecule has 0 amide bonds. The van der Waals surface area contributed by atoms with Gasteiger partial charge < -0.3 is 14.6 Å². The fraction of sp³-hybridized carbons (Fsp3) is 0.429. The van der Waals surface area contributed by atoms with E-state index in [4.69, 9.17) is 9.47 Å². The Hall–Kier alpha value is -0.804. The number of ether oxygens (including phenoxy) is 2. The van der Waals surface area contributed by atoms with E-state index in [1.54, 1.807) is 13.8 Å². The zero-order chi connectivity index (χ0) is 16.2. The smallest absolute Gasteiger partial charge is 0.871 e. The van der Waals surface area contributed by atoms with Crippen molar-refractivity contribution in [2.24, 2.45) is 5.18 Å². The maximum absolute atomic E-state index is 12.4. The Bertz CT molecular complexity index is 554. The van der Waals surface area contributed by atoms with Crippen molar-refractivity contribution in [3.05, 3.63) is 27.2 Å². The summed E-state index contributed by atoms with van der Waals surface area (Å²) in [6.45, 7) is 6.10. The van der Waals surface area contributed by atoms with E-state index in [1.165, 1.54) is 13.8 Å². The van der Waals surface area contributed by atoms with Crippen LogP contribution in [0.25, 0.3) is 0 Å². The Labute approximate surface area is 170 Å². The van der Waals surface area contributed by atoms with Crippen LogP contribution in [0, 0.1) is 18.8 Å². The van der Waals surface area contributed by atoms with Gasteiger partial charge in [-0.15, -0.1) is 4.91 Å². The van der Waals surface area contributed by atoms with Gasteiger partial charge >= 0.3 is 63.3 Å². The second-order valence-corrected chi connectivity index (χ2v) is 4.21. The Morgan fingerprint density at radius 2 is 1.36 bits per heavy atom. The summed E-state index contributed by atoms with van der Waals surface area (Å²) in [4.78, 5) is 34.7. The number of hydrogen-bond acceptors (Lipinski definition) is 7. The molecule has 0 saturated heterocycles. The number of nitroso groups, excluding NO2 is 1. The van der Waals surface area contributed by atoms with Crippen molar-refractivity contribution in [2.45, 2.75) is 27.7 Å². The molecule has 0 fully saturated rings. The summed E-state index contributed by atoms with van der Waals surface area (Å²) in [5.41, 5.74) is -0.654. The maximum atomic E-state index is 12.4. The zero-order valence-corrected chi connectivity index (χ0v) is 16.4. The Kier molecular flexibility index (Phi) is 9.02. The first-order valence-corrected chi connectivity index (χ1v) is 6.42. The van der Waals surface area contributed by atoms with Crippen LogP contribution in [0.2, 0.25) is 0 Å². The molecule has 1 aromatic carbocycles. The Morgan fingerprint density at radius 1 is 1.00 bits per heavy atom. The van der Waals surface area contributed by atoms with Crippen LogP contribution < -0.4 is 56.5 Å². The first kappa shape index (κ1) is 21.2. The average molecular weight is 333 g/mol. The minimum Gasteiger partial charge on any atom is -0.871 e. The van der Waals surface area contributed by atoms with Crippen LogP contribution in [0.3, 0.4) is 0 Å². The third-order valence-corrected chi connectivity index (χ3v) is 2.96. The SMILES string of the molecule is CCOC(=O)c1c(C)c(N=O)c(C)c(C(=O)OCC)c1[O-].[K+]. The molecule has 0 aliphatic carbocycles. The van der Waals surface area contributed by atoms with E-state index in [0.29, 0.717) is 0 Å². The van der Waals surface area contributed by atoms with Gasteiger partial charge in [0.15, 0.2) is 0 Å². The second-order valence-electron chi connectivity index (χ2n) is 4.21. The molecule has 0 radical (unpaired) electrons. The number of carbonyl (C=O) groups is 2. The average Bonchev–Trinajstić information content (AvgIpc) is 2.39. The van der Waals surface area contributed by atoms with Gasteiger partial charge in [0.25, 0.3) is 0 Å². The summed E-state index contributed by atoms with van der Waals surface area (Å²) >= 11 is 0. The van der Waals surface area contributed by atoms with Crippen LogP contribution in [0.15, 0.2) is 5.18 Å². The molecule has 0 aromatic heterocycles. The van der Waals surface area contributed by atoms with E-state index in [1.807, 2.05) is 0 Å². The van der Waals surface area contributed by atoms with Gasteiger partial charge in [0.2, 0.25) is 0 Å². The molecule has 0 N–H and O–H groups in total. The molecule has 7 nitrogen and oxygen atoms in total. The quantitative estimate of drug-likeness (QED) is 0.394. The fourth-order valence-electron chi connectivity index (χ4n) is 2.02. The minimum atomic E-state index is -0.893. The Morgan fingerprint density at radius 3 is 1.64 bits per heavy atom. The van der Waals surface area contributed by atoms with Gasteiger partial charge in [-0.05, 0) is 44.0 Å². The summed E-state index contributed by atoms with van der Waals surface area (Å²) in [5, 5.41) is 15.2. The van der Waals surface area contributed by atoms with Crippen molar-refractivity contribution in [2.75, 3.05) is 13.2 Å². The van der Waals surface area contributed by atoms with Crippen LogP contribution in [-0.4, -0.2) is 25.2 Å². The number of hydrogen-bond donors (Lipinski definition) is 0. The molecule has 0 atom stereocenters. The molecule has 0 unspecified atom stereocenters.